The summed E-state index contributed by atoms with van der Waals surface area (Å²) in [7, 11) is 0. The number of carbonyl (C=O) groups is 1. The van der Waals surface area contributed by atoms with Gasteiger partial charge in [0, 0.05) is 36.5 Å². The molecular weight excluding hydrogens is 380 g/mol. The standard InChI is InChI=1S/C20H19F2N5O2/c1-19(21,22)20(7-6-12-2-3-12)14-5-4-13(10-15(14)25-18(29)26-20)11-27-9-8-24-16(23)17(27)28/h4-5,8-10,12H,2-3,11H2,1H3,(H2,23,24)(H2,25,26,29)/t20-/m0/s1. The Morgan fingerprint density at radius 2 is 2.14 bits per heavy atom. The van der Waals surface area contributed by atoms with Crippen LogP contribution in [0.25, 0.3) is 0 Å². The van der Waals surface area contributed by atoms with Crippen molar-refractivity contribution in [2.45, 2.75) is 37.8 Å². The average molecular weight is 399 g/mol. The maximum atomic E-state index is 14.7. The lowest BCUT2D eigenvalue weighted by Crippen LogP contribution is -2.59. The Morgan fingerprint density at radius 3 is 2.83 bits per heavy atom. The molecule has 1 aromatic carbocycles. The van der Waals surface area contributed by atoms with Crippen molar-refractivity contribution in [1.29, 1.82) is 0 Å². The number of fused-ring (bicyclic) bond motifs is 1. The zero-order chi connectivity index (χ0) is 20.8. The zero-order valence-corrected chi connectivity index (χ0v) is 15.6. The smallest absolute Gasteiger partial charge is 0.320 e. The molecule has 1 atom stereocenters. The molecule has 0 spiro atoms. The summed E-state index contributed by atoms with van der Waals surface area (Å²) in [6, 6.07) is 3.94. The Morgan fingerprint density at radius 1 is 1.38 bits per heavy atom. The van der Waals surface area contributed by atoms with Gasteiger partial charge in [0.2, 0.25) is 0 Å². The Hall–Kier alpha value is -3.41. The first-order valence-electron chi connectivity index (χ1n) is 9.13. The number of anilines is 2. The van der Waals surface area contributed by atoms with Crippen LogP contribution >= 0.6 is 0 Å². The first-order valence-corrected chi connectivity index (χ1v) is 9.13. The van der Waals surface area contributed by atoms with Gasteiger partial charge in [-0.2, -0.15) is 0 Å². The highest BCUT2D eigenvalue weighted by molar-refractivity contribution is 5.95. The minimum absolute atomic E-state index is 0.0905. The zero-order valence-electron chi connectivity index (χ0n) is 15.6. The first kappa shape index (κ1) is 18.9. The number of halogens is 2. The molecule has 2 amide bonds. The van der Waals surface area contributed by atoms with E-state index in [9.17, 15) is 18.4 Å². The van der Waals surface area contributed by atoms with Gasteiger partial charge >= 0.3 is 6.03 Å². The number of nitrogens with zero attached hydrogens (tertiary/aromatic N) is 2. The topological polar surface area (TPSA) is 102 Å². The second-order valence-corrected chi connectivity index (χ2v) is 7.39. The van der Waals surface area contributed by atoms with Crippen LogP contribution < -0.4 is 21.9 Å². The van der Waals surface area contributed by atoms with Crippen LogP contribution in [0.5, 0.6) is 0 Å². The molecule has 150 valence electrons. The summed E-state index contributed by atoms with van der Waals surface area (Å²) < 4.78 is 30.8. The molecule has 2 aromatic rings. The van der Waals surface area contributed by atoms with Crippen molar-refractivity contribution in [3.8, 4) is 11.8 Å². The predicted octanol–water partition coefficient (Wildman–Crippen LogP) is 2.27. The number of nitrogens with two attached hydrogens (primary N) is 1. The van der Waals surface area contributed by atoms with Gasteiger partial charge < -0.3 is 20.9 Å². The molecule has 4 rings (SSSR count). The van der Waals surface area contributed by atoms with E-state index in [2.05, 4.69) is 27.5 Å². The summed E-state index contributed by atoms with van der Waals surface area (Å²) in [5.41, 5.74) is 4.00. The van der Waals surface area contributed by atoms with E-state index in [4.69, 9.17) is 5.73 Å². The van der Waals surface area contributed by atoms with Crippen molar-refractivity contribution in [2.75, 3.05) is 11.1 Å². The van der Waals surface area contributed by atoms with E-state index in [1.165, 1.54) is 23.0 Å². The van der Waals surface area contributed by atoms with Gasteiger partial charge in [0.25, 0.3) is 11.5 Å². The molecule has 29 heavy (non-hydrogen) atoms. The van der Waals surface area contributed by atoms with Crippen LogP contribution in [0, 0.1) is 17.8 Å². The number of hydrogen-bond donors (Lipinski definition) is 3. The lowest BCUT2D eigenvalue weighted by Gasteiger charge is -2.40. The van der Waals surface area contributed by atoms with Gasteiger partial charge in [-0.15, -0.1) is 0 Å². The quantitative estimate of drug-likeness (QED) is 0.689. The molecule has 1 aliphatic heterocycles. The van der Waals surface area contributed by atoms with Crippen molar-refractivity contribution in [2.24, 2.45) is 5.92 Å². The molecule has 1 fully saturated rings. The maximum absolute atomic E-state index is 14.7. The highest BCUT2D eigenvalue weighted by Gasteiger charge is 2.55. The van der Waals surface area contributed by atoms with E-state index in [1.54, 1.807) is 12.1 Å². The number of nitrogens with one attached hydrogen (secondary N) is 2. The van der Waals surface area contributed by atoms with Crippen molar-refractivity contribution < 1.29 is 13.6 Å². The molecule has 1 saturated carbocycles. The summed E-state index contributed by atoms with van der Waals surface area (Å²) in [5, 5.41) is 4.91. The minimum atomic E-state index is -3.32. The molecule has 0 radical (unpaired) electrons. The Labute approximate surface area is 165 Å². The van der Waals surface area contributed by atoms with Gasteiger partial charge in [0.1, 0.15) is 0 Å². The molecule has 2 heterocycles. The molecule has 2 aliphatic rings. The van der Waals surface area contributed by atoms with Crippen molar-refractivity contribution in [1.82, 2.24) is 14.9 Å². The van der Waals surface area contributed by atoms with Gasteiger partial charge in [-0.3, -0.25) is 4.79 Å². The van der Waals surface area contributed by atoms with Crippen LogP contribution in [0.2, 0.25) is 0 Å². The summed E-state index contributed by atoms with van der Waals surface area (Å²) in [4.78, 5) is 28.0. The molecule has 0 bridgehead atoms. The number of amides is 2. The van der Waals surface area contributed by atoms with Crippen LogP contribution in [-0.4, -0.2) is 21.5 Å². The Bertz CT molecular complexity index is 1110. The SMILES string of the molecule is CC(F)(F)[C@@]1(C#CC2CC2)NC(=O)Nc2cc(Cn3ccnc(N)c3=O)ccc21. The monoisotopic (exact) mass is 399 g/mol. The number of urea groups is 1. The Balaban J connectivity index is 1.78. The molecule has 4 N–H and O–H groups in total. The highest BCUT2D eigenvalue weighted by Crippen LogP contribution is 2.43. The molecule has 1 aliphatic carbocycles. The number of benzene rings is 1. The minimum Gasteiger partial charge on any atom is -0.379 e. The molecule has 0 saturated heterocycles. The molecule has 1 aromatic heterocycles. The second kappa shape index (κ2) is 6.58. The second-order valence-electron chi connectivity index (χ2n) is 7.39. The maximum Gasteiger partial charge on any atom is 0.320 e. The third kappa shape index (κ3) is 3.42. The van der Waals surface area contributed by atoms with E-state index < -0.39 is 23.1 Å². The molecule has 9 heteroatoms. The summed E-state index contributed by atoms with van der Waals surface area (Å²) in [5.74, 6) is 2.16. The fourth-order valence-corrected chi connectivity index (χ4v) is 3.29. The van der Waals surface area contributed by atoms with Crippen molar-refractivity contribution >= 4 is 17.5 Å². The fraction of sp³-hybridized carbons (Fsp3) is 0.350. The third-order valence-electron chi connectivity index (χ3n) is 5.03. The van der Waals surface area contributed by atoms with Gasteiger partial charge in [-0.1, -0.05) is 24.0 Å². The summed E-state index contributed by atoms with van der Waals surface area (Å²) in [6.07, 6.45) is 4.63. The van der Waals surface area contributed by atoms with Gasteiger partial charge in [0.05, 0.1) is 6.54 Å². The number of rotatable bonds is 3. The van der Waals surface area contributed by atoms with Crippen LogP contribution in [0.3, 0.4) is 0 Å². The van der Waals surface area contributed by atoms with E-state index in [0.717, 1.165) is 19.8 Å². The van der Waals surface area contributed by atoms with E-state index >= 15 is 0 Å². The summed E-state index contributed by atoms with van der Waals surface area (Å²) in [6.45, 7) is 0.891. The first-order chi connectivity index (χ1) is 13.7. The van der Waals surface area contributed by atoms with E-state index in [0.29, 0.717) is 5.56 Å². The lowest BCUT2D eigenvalue weighted by atomic mass is 9.81. The molecular formula is C20H19F2N5O2. The van der Waals surface area contributed by atoms with Gasteiger partial charge in [-0.25, -0.2) is 18.6 Å². The lowest BCUT2D eigenvalue weighted by molar-refractivity contribution is -0.0464. The predicted molar refractivity (Wildman–Crippen MR) is 103 cm³/mol. The Kier molecular flexibility index (Phi) is 4.30. The fourth-order valence-electron chi connectivity index (χ4n) is 3.29. The average Bonchev–Trinajstić information content (AvgIpc) is 3.46. The van der Waals surface area contributed by atoms with E-state index in [1.807, 2.05) is 0 Å². The third-order valence-corrected chi connectivity index (χ3v) is 5.03. The van der Waals surface area contributed by atoms with Gasteiger partial charge in [0.15, 0.2) is 11.4 Å². The number of hydrogen-bond acceptors (Lipinski definition) is 4. The number of nitrogen functional groups attached to an aromatic ring is 1. The summed E-state index contributed by atoms with van der Waals surface area (Å²) >= 11 is 0. The molecule has 0 unspecified atom stereocenters. The van der Waals surface area contributed by atoms with Gasteiger partial charge in [-0.05, 0) is 24.5 Å². The normalized spacial score (nSPS) is 20.7. The number of carbonyl (C=O) groups excluding carboxylic acids is 1. The van der Waals surface area contributed by atoms with Crippen LogP contribution in [0.15, 0.2) is 35.4 Å². The van der Waals surface area contributed by atoms with Crippen LogP contribution in [0.1, 0.15) is 30.9 Å². The van der Waals surface area contributed by atoms with E-state index in [-0.39, 0.29) is 29.5 Å². The van der Waals surface area contributed by atoms with Crippen molar-refractivity contribution in [3.63, 3.8) is 0 Å². The van der Waals surface area contributed by atoms with Crippen LogP contribution in [-0.2, 0) is 12.1 Å². The highest BCUT2D eigenvalue weighted by atomic mass is 19.3. The number of aromatic nitrogens is 2. The van der Waals surface area contributed by atoms with Crippen molar-refractivity contribution in [3.05, 3.63) is 52.1 Å². The largest absolute Gasteiger partial charge is 0.379 e. The molecule has 7 nitrogen and oxygen atoms in total. The van der Waals surface area contributed by atoms with Crippen LogP contribution in [0.4, 0.5) is 25.1 Å². The number of alkyl halides is 2.